The summed E-state index contributed by atoms with van der Waals surface area (Å²) in [6.07, 6.45) is -3.22. The third kappa shape index (κ3) is 5.31. The van der Waals surface area contributed by atoms with Crippen molar-refractivity contribution in [2.75, 3.05) is 44.8 Å². The van der Waals surface area contributed by atoms with Crippen LogP contribution in [0.3, 0.4) is 0 Å². The van der Waals surface area contributed by atoms with E-state index in [-0.39, 0.29) is 44.4 Å². The van der Waals surface area contributed by atoms with Crippen molar-refractivity contribution in [3.63, 3.8) is 0 Å². The van der Waals surface area contributed by atoms with E-state index in [4.69, 9.17) is 10.00 Å². The summed E-state index contributed by atoms with van der Waals surface area (Å²) in [6.45, 7) is 3.07. The zero-order chi connectivity index (χ0) is 24.9. The van der Waals surface area contributed by atoms with Gasteiger partial charge in [0.05, 0.1) is 30.3 Å². The van der Waals surface area contributed by atoms with Crippen LogP contribution in [0.4, 0.5) is 18.9 Å². The predicted octanol–water partition coefficient (Wildman–Crippen LogP) is 1.89. The number of nitrogens with zero attached hydrogens (tertiary/aromatic N) is 5. The fraction of sp³-hybridized carbons (Fsp3) is 0.455. The highest BCUT2D eigenvalue weighted by atomic mass is 19.4. The van der Waals surface area contributed by atoms with Crippen LogP contribution >= 0.6 is 0 Å². The van der Waals surface area contributed by atoms with E-state index in [1.54, 1.807) is 16.8 Å². The predicted molar refractivity (Wildman–Crippen MR) is 116 cm³/mol. The first kappa shape index (κ1) is 25.0. The highest BCUT2D eigenvalue weighted by Gasteiger charge is 2.38. The van der Waals surface area contributed by atoms with Crippen molar-refractivity contribution >= 4 is 17.5 Å². The molecule has 0 aliphatic carbocycles. The Balaban J connectivity index is 1.92. The first-order valence-electron chi connectivity index (χ1n) is 10.7. The number of nitrogens with one attached hydrogen (secondary N) is 1. The minimum atomic E-state index is -4.73. The first-order chi connectivity index (χ1) is 16.2. The number of rotatable bonds is 7. The maximum absolute atomic E-state index is 13.5. The molecule has 1 atom stereocenters. The van der Waals surface area contributed by atoms with Crippen molar-refractivity contribution in [3.8, 4) is 6.07 Å². The van der Waals surface area contributed by atoms with E-state index in [0.717, 1.165) is 12.1 Å². The lowest BCUT2D eigenvalue weighted by molar-refractivity contribution is -0.137. The molecular formula is C22H25F3N6O3. The van der Waals surface area contributed by atoms with Crippen LogP contribution in [0.1, 0.15) is 28.5 Å². The van der Waals surface area contributed by atoms with Gasteiger partial charge in [-0.25, -0.2) is 0 Å². The van der Waals surface area contributed by atoms with Crippen LogP contribution in [-0.4, -0.2) is 72.4 Å². The zero-order valence-electron chi connectivity index (χ0n) is 18.8. The van der Waals surface area contributed by atoms with Crippen LogP contribution in [0.25, 0.3) is 0 Å². The number of hydrogen-bond acceptors (Lipinski definition) is 6. The Hall–Kier alpha value is -3.59. The minimum Gasteiger partial charge on any atom is -0.383 e. The van der Waals surface area contributed by atoms with Gasteiger partial charge in [-0.1, -0.05) is 0 Å². The summed E-state index contributed by atoms with van der Waals surface area (Å²) in [5.41, 5.74) is -1.06. The monoisotopic (exact) mass is 478 g/mol. The Bertz CT molecular complexity index is 1080. The fourth-order valence-corrected chi connectivity index (χ4v) is 3.87. The quantitative estimate of drug-likeness (QED) is 0.610. The van der Waals surface area contributed by atoms with Crippen molar-refractivity contribution in [3.05, 3.63) is 47.3 Å². The normalized spacial score (nSPS) is 16.3. The van der Waals surface area contributed by atoms with E-state index in [9.17, 15) is 22.8 Å². The number of nitriles is 1. The molecule has 1 fully saturated rings. The number of piperazine rings is 1. The molecule has 1 aliphatic rings. The maximum Gasteiger partial charge on any atom is 0.417 e. The summed E-state index contributed by atoms with van der Waals surface area (Å²) in [5.74, 6) is -0.763. The van der Waals surface area contributed by atoms with E-state index in [2.05, 4.69) is 10.4 Å². The summed E-state index contributed by atoms with van der Waals surface area (Å²) < 4.78 is 47.0. The Morgan fingerprint density at radius 1 is 1.29 bits per heavy atom. The van der Waals surface area contributed by atoms with Gasteiger partial charge in [0.25, 0.3) is 5.91 Å². The molecule has 2 amide bonds. The van der Waals surface area contributed by atoms with E-state index in [0.29, 0.717) is 12.2 Å². The van der Waals surface area contributed by atoms with Gasteiger partial charge in [-0.05, 0) is 31.2 Å². The average Bonchev–Trinajstić information content (AvgIpc) is 3.31. The van der Waals surface area contributed by atoms with E-state index in [1.165, 1.54) is 29.2 Å². The van der Waals surface area contributed by atoms with Gasteiger partial charge in [0, 0.05) is 45.2 Å². The summed E-state index contributed by atoms with van der Waals surface area (Å²) in [7, 11) is 1.48. The highest BCUT2D eigenvalue weighted by molar-refractivity contribution is 5.94. The standard InChI is InChI=1S/C22H25F3N6O3/c1-3-31-18(6-7-28-31)21(33)29-9-10-30(19(14-29)20(32)27-8-11-34-2)16-5-4-15(13-26)17(12-16)22(23,24)25/h4-7,12,19H,3,8-11,14H2,1-2H3,(H,27,32). The number of carbonyl (C=O) groups excluding carboxylic acids is 2. The van der Waals surface area contributed by atoms with E-state index < -0.39 is 29.3 Å². The zero-order valence-corrected chi connectivity index (χ0v) is 18.8. The number of methoxy groups -OCH3 is 1. The third-order valence-electron chi connectivity index (χ3n) is 5.57. The lowest BCUT2D eigenvalue weighted by Gasteiger charge is -2.42. The molecule has 2 aromatic rings. The first-order valence-corrected chi connectivity index (χ1v) is 10.7. The Labute approximate surface area is 194 Å². The molecule has 0 radical (unpaired) electrons. The van der Waals surface area contributed by atoms with Crippen LogP contribution in [0.5, 0.6) is 0 Å². The molecule has 1 aromatic heterocycles. The van der Waals surface area contributed by atoms with E-state index >= 15 is 0 Å². The van der Waals surface area contributed by atoms with E-state index in [1.807, 2.05) is 6.92 Å². The molecule has 1 aliphatic heterocycles. The summed E-state index contributed by atoms with van der Waals surface area (Å²) in [4.78, 5) is 29.1. The van der Waals surface area contributed by atoms with Crippen molar-refractivity contribution in [2.45, 2.75) is 25.7 Å². The van der Waals surface area contributed by atoms with Gasteiger partial charge in [0.2, 0.25) is 5.91 Å². The second-order valence-electron chi connectivity index (χ2n) is 7.62. The fourth-order valence-electron chi connectivity index (χ4n) is 3.87. The third-order valence-corrected chi connectivity index (χ3v) is 5.57. The molecule has 0 spiro atoms. The Morgan fingerprint density at radius 2 is 2.06 bits per heavy atom. The SMILES string of the molecule is CCn1nccc1C(=O)N1CCN(c2ccc(C#N)c(C(F)(F)F)c2)C(C(=O)NCCOC)C1. The summed E-state index contributed by atoms with van der Waals surface area (Å²) >= 11 is 0. The van der Waals surface area contributed by atoms with Crippen LogP contribution < -0.4 is 10.2 Å². The largest absolute Gasteiger partial charge is 0.417 e. The number of carbonyl (C=O) groups is 2. The number of hydrogen-bond donors (Lipinski definition) is 1. The van der Waals surface area contributed by atoms with Gasteiger partial charge in [-0.2, -0.15) is 23.5 Å². The van der Waals surface area contributed by atoms with Crippen LogP contribution in [0, 0.1) is 11.3 Å². The molecule has 1 unspecified atom stereocenters. The maximum atomic E-state index is 13.5. The van der Waals surface area contributed by atoms with Crippen LogP contribution in [0.15, 0.2) is 30.5 Å². The van der Waals surface area contributed by atoms with Gasteiger partial charge in [0.15, 0.2) is 0 Å². The number of alkyl halides is 3. The molecule has 0 bridgehead atoms. The molecule has 3 rings (SSSR count). The second-order valence-corrected chi connectivity index (χ2v) is 7.62. The lowest BCUT2D eigenvalue weighted by atomic mass is 10.0. The van der Waals surface area contributed by atoms with Crippen molar-refractivity contribution in [1.82, 2.24) is 20.0 Å². The number of anilines is 1. The molecular weight excluding hydrogens is 453 g/mol. The number of aryl methyl sites for hydroxylation is 1. The molecule has 34 heavy (non-hydrogen) atoms. The molecule has 182 valence electrons. The Kier molecular flexibility index (Phi) is 7.78. The van der Waals surface area contributed by atoms with Gasteiger partial charge in [0.1, 0.15) is 11.7 Å². The number of amides is 2. The van der Waals surface area contributed by atoms with Crippen molar-refractivity contribution in [1.29, 1.82) is 5.26 Å². The van der Waals surface area contributed by atoms with Gasteiger partial charge >= 0.3 is 6.18 Å². The molecule has 9 nitrogen and oxygen atoms in total. The summed E-state index contributed by atoms with van der Waals surface area (Å²) in [6, 6.07) is 5.55. The molecule has 2 heterocycles. The number of ether oxygens (including phenoxy) is 1. The molecule has 1 saturated heterocycles. The Morgan fingerprint density at radius 3 is 2.71 bits per heavy atom. The number of benzene rings is 1. The number of halogens is 3. The molecule has 12 heteroatoms. The van der Waals surface area contributed by atoms with Crippen molar-refractivity contribution in [2.24, 2.45) is 0 Å². The number of aromatic nitrogens is 2. The smallest absolute Gasteiger partial charge is 0.383 e. The topological polar surface area (TPSA) is 103 Å². The average molecular weight is 478 g/mol. The second kappa shape index (κ2) is 10.6. The van der Waals surface area contributed by atoms with Crippen molar-refractivity contribution < 1.29 is 27.5 Å². The highest BCUT2D eigenvalue weighted by Crippen LogP contribution is 2.35. The molecule has 0 saturated carbocycles. The van der Waals surface area contributed by atoms with Crippen LogP contribution in [-0.2, 0) is 22.3 Å². The van der Waals surface area contributed by atoms with Crippen LogP contribution in [0.2, 0.25) is 0 Å². The minimum absolute atomic E-state index is 0.0338. The molecule has 1 aromatic carbocycles. The van der Waals surface area contributed by atoms with Gasteiger partial charge in [-0.3, -0.25) is 14.3 Å². The summed E-state index contributed by atoms with van der Waals surface area (Å²) in [5, 5.41) is 15.9. The van der Waals surface area contributed by atoms with Gasteiger partial charge < -0.3 is 19.9 Å². The van der Waals surface area contributed by atoms with Gasteiger partial charge in [-0.15, -0.1) is 0 Å². The lowest BCUT2D eigenvalue weighted by Crippen LogP contribution is -2.60. The molecule has 1 N–H and O–H groups in total.